The van der Waals surface area contributed by atoms with Gasteiger partial charge in [-0.1, -0.05) is 49.0 Å². The van der Waals surface area contributed by atoms with Gasteiger partial charge in [0.1, 0.15) is 0 Å². The first-order valence-corrected chi connectivity index (χ1v) is 6.28. The molecule has 0 aliphatic carbocycles. The second-order valence-corrected chi connectivity index (χ2v) is 4.55. The first kappa shape index (κ1) is 15.2. The van der Waals surface area contributed by atoms with Crippen LogP contribution in [0, 0.1) is 0 Å². The topological polar surface area (TPSA) is 34.1 Å². The summed E-state index contributed by atoms with van der Waals surface area (Å²) < 4.78 is 0. The average molecular weight is 259 g/mol. The van der Waals surface area contributed by atoms with E-state index in [2.05, 4.69) is 0 Å². The zero-order valence-corrected chi connectivity index (χ0v) is 11.0. The van der Waals surface area contributed by atoms with E-state index in [0.29, 0.717) is 6.42 Å². The largest absolute Gasteiger partial charge is 0.288 e. The molecule has 1 aromatic carbocycles. The quantitative estimate of drug-likeness (QED) is 0.777. The van der Waals surface area contributed by atoms with Crippen LogP contribution in [0.4, 0.5) is 0 Å². The molecule has 0 N–H and O–H groups in total. The van der Waals surface area contributed by atoms with Crippen LogP contribution in [0.25, 0.3) is 0 Å². The minimum atomic E-state index is -0.273. The third-order valence-corrected chi connectivity index (χ3v) is 2.71. The summed E-state index contributed by atoms with van der Waals surface area (Å²) in [6.45, 7) is 3.31. The van der Waals surface area contributed by atoms with E-state index in [-0.39, 0.29) is 10.4 Å². The lowest BCUT2D eigenvalue weighted by Crippen LogP contribution is -1.84. The zero-order chi connectivity index (χ0) is 12.4. The normalized spacial score (nSPS) is 8.94. The molecule has 0 aromatic heterocycles. The van der Waals surface area contributed by atoms with Crippen LogP contribution in [0.3, 0.4) is 0 Å². The monoisotopic (exact) mass is 258 g/mol. The Morgan fingerprint density at radius 3 is 2.12 bits per heavy atom. The second-order valence-electron chi connectivity index (χ2n) is 2.97. The lowest BCUT2D eigenvalue weighted by atomic mass is 10.2. The number of hydrogen-bond acceptors (Lipinski definition) is 3. The van der Waals surface area contributed by atoms with Gasteiger partial charge in [0, 0.05) is 19.1 Å². The maximum atomic E-state index is 10.6. The van der Waals surface area contributed by atoms with Crippen molar-refractivity contribution in [2.75, 3.05) is 0 Å². The summed E-state index contributed by atoms with van der Waals surface area (Å²) in [4.78, 5) is 20.2. The first-order chi connectivity index (χ1) is 7.56. The van der Waals surface area contributed by atoms with Crippen LogP contribution in [0.15, 0.2) is 30.3 Å². The third-order valence-electron chi connectivity index (χ3n) is 1.56. The van der Waals surface area contributed by atoms with E-state index in [1.807, 2.05) is 30.3 Å². The summed E-state index contributed by atoms with van der Waals surface area (Å²) in [5, 5.41) is -0.0983. The van der Waals surface area contributed by atoms with Gasteiger partial charge in [-0.15, -0.1) is 0 Å². The molecule has 2 nitrogen and oxygen atoms in total. The molecule has 0 unspecified atom stereocenters. The van der Waals surface area contributed by atoms with Crippen LogP contribution in [-0.2, 0) is 15.3 Å². The Balaban J connectivity index is 0.000000385. The van der Waals surface area contributed by atoms with E-state index >= 15 is 0 Å². The standard InChI is InChI=1S/C9H10OS.C3H5ClO/c1-8(10)11-7-9-5-3-2-4-6-9;1-2-3(4)5/h2-6H,7H2,1H3;2H2,1H3. The SMILES string of the molecule is CC(=O)SCc1ccccc1.CCC(=O)Cl. The van der Waals surface area contributed by atoms with Gasteiger partial charge >= 0.3 is 0 Å². The minimum Gasteiger partial charge on any atom is -0.288 e. The Labute approximate surface area is 105 Å². The molecular formula is C12H15ClO2S. The van der Waals surface area contributed by atoms with Crippen LogP contribution in [0.1, 0.15) is 25.8 Å². The van der Waals surface area contributed by atoms with E-state index in [9.17, 15) is 9.59 Å². The Hall–Kier alpha value is -0.800. The van der Waals surface area contributed by atoms with Gasteiger partial charge in [0.05, 0.1) is 0 Å². The number of hydrogen-bond donors (Lipinski definition) is 0. The molecule has 88 valence electrons. The molecule has 0 saturated carbocycles. The maximum absolute atomic E-state index is 10.6. The molecule has 0 heterocycles. The zero-order valence-electron chi connectivity index (χ0n) is 9.40. The summed E-state index contributed by atoms with van der Waals surface area (Å²) in [5.41, 5.74) is 1.20. The van der Waals surface area contributed by atoms with Gasteiger partial charge in [-0.25, -0.2) is 0 Å². The molecule has 1 aromatic rings. The molecule has 4 heteroatoms. The van der Waals surface area contributed by atoms with Crippen LogP contribution >= 0.6 is 23.4 Å². The lowest BCUT2D eigenvalue weighted by molar-refractivity contribution is -0.111. The van der Waals surface area contributed by atoms with E-state index in [4.69, 9.17) is 11.6 Å². The molecule has 0 spiro atoms. The fourth-order valence-electron chi connectivity index (χ4n) is 0.759. The minimum absolute atomic E-state index is 0.175. The van der Waals surface area contributed by atoms with Crippen LogP contribution < -0.4 is 0 Å². The van der Waals surface area contributed by atoms with Crippen molar-refractivity contribution in [3.63, 3.8) is 0 Å². The summed E-state index contributed by atoms with van der Waals surface area (Å²) in [7, 11) is 0. The number of rotatable bonds is 3. The second kappa shape index (κ2) is 9.43. The predicted molar refractivity (Wildman–Crippen MR) is 69.6 cm³/mol. The van der Waals surface area contributed by atoms with Crippen molar-refractivity contribution in [1.82, 2.24) is 0 Å². The highest BCUT2D eigenvalue weighted by molar-refractivity contribution is 8.12. The Kier molecular flexibility index (Phi) is 8.96. The van der Waals surface area contributed by atoms with E-state index < -0.39 is 0 Å². The molecule has 0 aliphatic heterocycles. The Morgan fingerprint density at radius 1 is 1.25 bits per heavy atom. The van der Waals surface area contributed by atoms with Crippen molar-refractivity contribution < 1.29 is 9.59 Å². The lowest BCUT2D eigenvalue weighted by Gasteiger charge is -1.95. The summed E-state index contributed by atoms with van der Waals surface area (Å²) in [6.07, 6.45) is 0.432. The molecule has 0 fully saturated rings. The average Bonchev–Trinajstić information content (AvgIpc) is 2.28. The Bertz CT molecular complexity index is 325. The summed E-state index contributed by atoms with van der Waals surface area (Å²) in [5.74, 6) is 0.788. The molecule has 0 saturated heterocycles. The molecular weight excluding hydrogens is 244 g/mol. The molecule has 0 bridgehead atoms. The maximum Gasteiger partial charge on any atom is 0.221 e. The first-order valence-electron chi connectivity index (χ1n) is 4.91. The van der Waals surface area contributed by atoms with Crippen molar-refractivity contribution in [1.29, 1.82) is 0 Å². The van der Waals surface area contributed by atoms with Gasteiger partial charge < -0.3 is 0 Å². The molecule has 16 heavy (non-hydrogen) atoms. The summed E-state index contributed by atoms with van der Waals surface area (Å²) >= 11 is 6.17. The van der Waals surface area contributed by atoms with Crippen LogP contribution in [-0.4, -0.2) is 10.4 Å². The predicted octanol–water partition coefficient (Wildman–Crippen LogP) is 3.63. The highest BCUT2D eigenvalue weighted by atomic mass is 35.5. The van der Waals surface area contributed by atoms with Crippen molar-refractivity contribution in [3.8, 4) is 0 Å². The van der Waals surface area contributed by atoms with Gasteiger partial charge in [0.25, 0.3) is 0 Å². The van der Waals surface area contributed by atoms with Crippen molar-refractivity contribution in [2.45, 2.75) is 26.0 Å². The number of benzene rings is 1. The van der Waals surface area contributed by atoms with Crippen molar-refractivity contribution >= 4 is 33.7 Å². The van der Waals surface area contributed by atoms with Gasteiger partial charge in [-0.05, 0) is 17.2 Å². The molecule has 0 radical (unpaired) electrons. The molecule has 1 rings (SSSR count). The summed E-state index contributed by atoms with van der Waals surface area (Å²) in [6, 6.07) is 9.99. The number of thioether (sulfide) groups is 1. The number of carbonyl (C=O) groups excluding carboxylic acids is 2. The fourth-order valence-corrected chi connectivity index (χ4v) is 1.32. The van der Waals surface area contributed by atoms with E-state index in [0.717, 1.165) is 5.75 Å². The van der Waals surface area contributed by atoms with Gasteiger partial charge in [-0.3, -0.25) is 9.59 Å². The smallest absolute Gasteiger partial charge is 0.221 e. The van der Waals surface area contributed by atoms with Crippen molar-refractivity contribution in [2.24, 2.45) is 0 Å². The van der Waals surface area contributed by atoms with E-state index in [1.165, 1.54) is 17.3 Å². The highest BCUT2D eigenvalue weighted by Crippen LogP contribution is 2.11. The fraction of sp³-hybridized carbons (Fsp3) is 0.333. The number of halogens is 1. The van der Waals surface area contributed by atoms with Crippen molar-refractivity contribution in [3.05, 3.63) is 35.9 Å². The number of carbonyl (C=O) groups is 2. The van der Waals surface area contributed by atoms with Crippen LogP contribution in [0.5, 0.6) is 0 Å². The highest BCUT2D eigenvalue weighted by Gasteiger charge is 1.94. The van der Waals surface area contributed by atoms with Crippen LogP contribution in [0.2, 0.25) is 0 Å². The molecule has 0 amide bonds. The van der Waals surface area contributed by atoms with Gasteiger partial charge in [0.2, 0.25) is 5.24 Å². The molecule has 0 aliphatic rings. The Morgan fingerprint density at radius 2 is 1.75 bits per heavy atom. The van der Waals surface area contributed by atoms with Gasteiger partial charge in [0.15, 0.2) is 5.12 Å². The third kappa shape index (κ3) is 9.74. The van der Waals surface area contributed by atoms with Gasteiger partial charge in [-0.2, -0.15) is 0 Å². The van der Waals surface area contributed by atoms with E-state index in [1.54, 1.807) is 13.8 Å². The molecule has 0 atom stereocenters.